The fourth-order valence-corrected chi connectivity index (χ4v) is 3.92. The normalized spacial score (nSPS) is 10.7. The highest BCUT2D eigenvalue weighted by atomic mass is 32.2. The average molecular weight is 401 g/mol. The third-order valence-corrected chi connectivity index (χ3v) is 5.88. The van der Waals surface area contributed by atoms with Crippen LogP contribution in [0.2, 0.25) is 0 Å². The Kier molecular flexibility index (Phi) is 6.41. The second-order valence-corrected chi connectivity index (χ2v) is 7.88. The van der Waals surface area contributed by atoms with Gasteiger partial charge in [-0.15, -0.1) is 21.5 Å². The monoisotopic (exact) mass is 400 g/mol. The smallest absolute Gasteiger partial charge is 0.224 e. The van der Waals surface area contributed by atoms with Gasteiger partial charge in [0.15, 0.2) is 10.9 Å². The Morgan fingerprint density at radius 3 is 2.63 bits per heavy atom. The summed E-state index contributed by atoms with van der Waals surface area (Å²) in [6.45, 7) is 1.79. The number of nitrogens with one attached hydrogen (secondary N) is 1. The molecule has 2 heterocycles. The summed E-state index contributed by atoms with van der Waals surface area (Å²) in [7, 11) is 1.92. The number of amides is 1. The zero-order chi connectivity index (χ0) is 19.2. The van der Waals surface area contributed by atoms with Crippen molar-refractivity contribution in [1.82, 2.24) is 14.8 Å². The van der Waals surface area contributed by atoms with Gasteiger partial charge in [-0.2, -0.15) is 0 Å². The molecular weight excluding hydrogens is 380 g/mol. The summed E-state index contributed by atoms with van der Waals surface area (Å²) in [5, 5.41) is 14.0. The minimum Gasteiger partial charge on any atom is -0.326 e. The number of ketones is 1. The molecule has 1 amide bonds. The minimum atomic E-state index is -0.0507. The lowest BCUT2D eigenvalue weighted by Gasteiger charge is -2.05. The Labute approximate surface area is 166 Å². The number of aromatic nitrogens is 3. The molecule has 1 aromatic carbocycles. The maximum absolute atomic E-state index is 12.4. The Hall–Kier alpha value is -2.45. The summed E-state index contributed by atoms with van der Waals surface area (Å²) < 4.78 is 1.93. The number of hydrogen-bond donors (Lipinski definition) is 1. The Morgan fingerprint density at radius 2 is 1.96 bits per heavy atom. The quantitative estimate of drug-likeness (QED) is 0.460. The van der Waals surface area contributed by atoms with Gasteiger partial charge in [-0.1, -0.05) is 24.8 Å². The van der Waals surface area contributed by atoms with Gasteiger partial charge in [-0.05, 0) is 35.7 Å². The topological polar surface area (TPSA) is 76.9 Å². The number of carbonyl (C=O) groups excluding carboxylic acids is 2. The first-order chi connectivity index (χ1) is 13.1. The molecule has 0 saturated heterocycles. The molecule has 0 fully saturated rings. The van der Waals surface area contributed by atoms with E-state index in [1.165, 1.54) is 16.6 Å². The predicted octanol–water partition coefficient (Wildman–Crippen LogP) is 3.79. The Bertz CT molecular complexity index is 918. The zero-order valence-corrected chi connectivity index (χ0v) is 16.8. The molecule has 27 heavy (non-hydrogen) atoms. The van der Waals surface area contributed by atoms with E-state index in [-0.39, 0.29) is 17.4 Å². The molecule has 0 atom stereocenters. The van der Waals surface area contributed by atoms with E-state index in [1.807, 2.05) is 23.1 Å². The molecule has 0 bridgehead atoms. The maximum atomic E-state index is 12.4. The third-order valence-electron chi connectivity index (χ3n) is 3.98. The molecule has 2 aromatic heterocycles. The maximum Gasteiger partial charge on any atom is 0.224 e. The zero-order valence-electron chi connectivity index (χ0n) is 15.1. The molecule has 0 unspecified atom stereocenters. The van der Waals surface area contributed by atoms with E-state index in [4.69, 9.17) is 0 Å². The van der Waals surface area contributed by atoms with E-state index in [2.05, 4.69) is 21.6 Å². The standard InChI is InChI=1S/C19H20N4O2S2/c1-3-18(25)20-14-8-6-13(7-9-14)16(24)12-27-19-22-21-17(23(19)2)11-15-5-4-10-26-15/h4-10H,3,11-12H2,1-2H3,(H,20,25). The largest absolute Gasteiger partial charge is 0.326 e. The van der Waals surface area contributed by atoms with Crippen LogP contribution in [0.15, 0.2) is 46.9 Å². The summed E-state index contributed by atoms with van der Waals surface area (Å²) in [6, 6.07) is 11.0. The molecule has 0 aliphatic carbocycles. The van der Waals surface area contributed by atoms with Gasteiger partial charge in [0.25, 0.3) is 0 Å². The highest BCUT2D eigenvalue weighted by Crippen LogP contribution is 2.20. The van der Waals surface area contributed by atoms with E-state index in [1.54, 1.807) is 42.5 Å². The number of anilines is 1. The molecule has 0 aliphatic heterocycles. The average Bonchev–Trinajstić information content (AvgIpc) is 3.31. The third kappa shape index (κ3) is 5.05. The molecule has 3 aromatic rings. The lowest BCUT2D eigenvalue weighted by atomic mass is 10.1. The van der Waals surface area contributed by atoms with Crippen LogP contribution in [0, 0.1) is 0 Å². The van der Waals surface area contributed by atoms with Crippen LogP contribution in [0.3, 0.4) is 0 Å². The second kappa shape index (κ2) is 8.96. The van der Waals surface area contributed by atoms with Crippen molar-refractivity contribution >= 4 is 40.5 Å². The second-order valence-electron chi connectivity index (χ2n) is 5.90. The van der Waals surface area contributed by atoms with Crippen molar-refractivity contribution in [3.8, 4) is 0 Å². The van der Waals surface area contributed by atoms with E-state index in [0.29, 0.717) is 17.7 Å². The first-order valence-electron chi connectivity index (χ1n) is 8.53. The van der Waals surface area contributed by atoms with Crippen molar-refractivity contribution in [2.45, 2.75) is 24.9 Å². The van der Waals surface area contributed by atoms with Crippen LogP contribution in [0.5, 0.6) is 0 Å². The van der Waals surface area contributed by atoms with Crippen LogP contribution in [0.25, 0.3) is 0 Å². The number of hydrogen-bond acceptors (Lipinski definition) is 6. The molecule has 0 aliphatic rings. The van der Waals surface area contributed by atoms with Crippen LogP contribution < -0.4 is 5.32 Å². The molecule has 3 rings (SSSR count). The van der Waals surface area contributed by atoms with Crippen molar-refractivity contribution in [2.75, 3.05) is 11.1 Å². The molecule has 0 spiro atoms. The fourth-order valence-electron chi connectivity index (χ4n) is 2.40. The molecular formula is C19H20N4O2S2. The van der Waals surface area contributed by atoms with Crippen molar-refractivity contribution in [3.63, 3.8) is 0 Å². The van der Waals surface area contributed by atoms with Gasteiger partial charge < -0.3 is 9.88 Å². The van der Waals surface area contributed by atoms with E-state index in [0.717, 1.165) is 17.4 Å². The van der Waals surface area contributed by atoms with Gasteiger partial charge in [0.1, 0.15) is 5.82 Å². The summed E-state index contributed by atoms with van der Waals surface area (Å²) >= 11 is 3.06. The molecule has 0 saturated carbocycles. The highest BCUT2D eigenvalue weighted by Gasteiger charge is 2.13. The summed E-state index contributed by atoms with van der Waals surface area (Å²) in [4.78, 5) is 25.0. The van der Waals surface area contributed by atoms with Crippen LogP contribution in [0.1, 0.15) is 34.4 Å². The molecule has 1 N–H and O–H groups in total. The van der Waals surface area contributed by atoms with Crippen LogP contribution in [-0.2, 0) is 18.3 Å². The Morgan fingerprint density at radius 1 is 1.19 bits per heavy atom. The fraction of sp³-hybridized carbons (Fsp3) is 0.263. The minimum absolute atomic E-state index is 0.0103. The highest BCUT2D eigenvalue weighted by molar-refractivity contribution is 7.99. The van der Waals surface area contributed by atoms with Crippen molar-refractivity contribution in [3.05, 3.63) is 58.0 Å². The van der Waals surface area contributed by atoms with Gasteiger partial charge in [0.2, 0.25) is 5.91 Å². The number of thiophene rings is 1. The SMILES string of the molecule is CCC(=O)Nc1ccc(C(=O)CSc2nnc(Cc3cccs3)n2C)cc1. The van der Waals surface area contributed by atoms with Gasteiger partial charge in [-0.25, -0.2) is 0 Å². The van der Waals surface area contributed by atoms with Gasteiger partial charge in [0, 0.05) is 36.0 Å². The molecule has 6 nitrogen and oxygen atoms in total. The number of benzene rings is 1. The molecule has 8 heteroatoms. The predicted molar refractivity (Wildman–Crippen MR) is 109 cm³/mol. The van der Waals surface area contributed by atoms with Crippen LogP contribution in [-0.4, -0.2) is 32.2 Å². The van der Waals surface area contributed by atoms with Gasteiger partial charge in [-0.3, -0.25) is 9.59 Å². The number of rotatable bonds is 8. The van der Waals surface area contributed by atoms with E-state index in [9.17, 15) is 9.59 Å². The number of thioether (sulfide) groups is 1. The van der Waals surface area contributed by atoms with E-state index < -0.39 is 0 Å². The van der Waals surface area contributed by atoms with Crippen LogP contribution >= 0.6 is 23.1 Å². The van der Waals surface area contributed by atoms with Crippen molar-refractivity contribution in [2.24, 2.45) is 7.05 Å². The first-order valence-corrected chi connectivity index (χ1v) is 10.4. The van der Waals surface area contributed by atoms with Crippen molar-refractivity contribution in [1.29, 1.82) is 0 Å². The summed E-state index contributed by atoms with van der Waals surface area (Å²) in [6.07, 6.45) is 1.16. The summed E-state index contributed by atoms with van der Waals surface area (Å²) in [5.74, 6) is 1.12. The molecule has 0 radical (unpaired) electrons. The summed E-state index contributed by atoms with van der Waals surface area (Å²) in [5.41, 5.74) is 1.30. The number of carbonyl (C=O) groups is 2. The Balaban J connectivity index is 1.57. The molecule has 140 valence electrons. The van der Waals surface area contributed by atoms with Gasteiger partial charge in [0.05, 0.1) is 5.75 Å². The van der Waals surface area contributed by atoms with Gasteiger partial charge >= 0.3 is 0 Å². The first kappa shape index (κ1) is 19.3. The lowest BCUT2D eigenvalue weighted by molar-refractivity contribution is -0.115. The van der Waals surface area contributed by atoms with Crippen molar-refractivity contribution < 1.29 is 9.59 Å². The van der Waals surface area contributed by atoms with E-state index >= 15 is 0 Å². The van der Waals surface area contributed by atoms with Crippen LogP contribution in [0.4, 0.5) is 5.69 Å². The number of Topliss-reactive ketones (excluding diaryl/α,β-unsaturated/α-hetero) is 1. The lowest BCUT2D eigenvalue weighted by Crippen LogP contribution is -2.10. The number of nitrogens with zero attached hydrogens (tertiary/aromatic N) is 3.